The van der Waals surface area contributed by atoms with Crippen LogP contribution < -0.4 is 5.32 Å². The van der Waals surface area contributed by atoms with Crippen molar-refractivity contribution in [2.45, 2.75) is 6.54 Å². The number of anilines is 1. The molecule has 0 saturated heterocycles. The van der Waals surface area contributed by atoms with Gasteiger partial charge in [-0.2, -0.15) is 4.98 Å². The SMILES string of the molecule is Clc1nc(NCc2ccco2)c2ccc(Br)n2n1. The lowest BCUT2D eigenvalue weighted by Crippen LogP contribution is -2.05. The molecule has 0 aliphatic rings. The van der Waals surface area contributed by atoms with Crippen molar-refractivity contribution in [3.8, 4) is 0 Å². The predicted molar refractivity (Wildman–Crippen MR) is 71.7 cm³/mol. The van der Waals surface area contributed by atoms with Gasteiger partial charge in [-0.1, -0.05) is 0 Å². The quantitative estimate of drug-likeness (QED) is 0.801. The molecular weight excluding hydrogens is 320 g/mol. The van der Waals surface area contributed by atoms with E-state index in [0.29, 0.717) is 12.4 Å². The molecule has 0 radical (unpaired) electrons. The Kier molecular flexibility index (Phi) is 2.97. The van der Waals surface area contributed by atoms with Crippen molar-refractivity contribution in [2.24, 2.45) is 0 Å². The molecule has 0 aromatic carbocycles. The fourth-order valence-corrected chi connectivity index (χ4v) is 2.22. The minimum atomic E-state index is 0.182. The third kappa shape index (κ3) is 2.09. The molecule has 3 rings (SSSR count). The van der Waals surface area contributed by atoms with Crippen LogP contribution in [0.25, 0.3) is 5.52 Å². The van der Waals surface area contributed by atoms with E-state index in [2.05, 4.69) is 31.3 Å². The van der Waals surface area contributed by atoms with Crippen molar-refractivity contribution in [3.63, 3.8) is 0 Å². The van der Waals surface area contributed by atoms with Crippen molar-refractivity contribution >= 4 is 38.9 Å². The normalized spacial score (nSPS) is 11.0. The molecule has 3 aromatic rings. The Balaban J connectivity index is 1.95. The second-order valence-corrected chi connectivity index (χ2v) is 4.77. The van der Waals surface area contributed by atoms with Gasteiger partial charge in [0.25, 0.3) is 0 Å². The van der Waals surface area contributed by atoms with Crippen LogP contribution in [0.3, 0.4) is 0 Å². The molecule has 3 heterocycles. The van der Waals surface area contributed by atoms with Crippen LogP contribution in [0.4, 0.5) is 5.82 Å². The number of hydrogen-bond donors (Lipinski definition) is 1. The second kappa shape index (κ2) is 4.62. The third-order valence-corrected chi connectivity index (χ3v) is 3.21. The zero-order chi connectivity index (χ0) is 12.5. The molecule has 0 spiro atoms. The van der Waals surface area contributed by atoms with Crippen LogP contribution >= 0.6 is 27.5 Å². The maximum absolute atomic E-state index is 5.89. The molecule has 5 nitrogen and oxygen atoms in total. The van der Waals surface area contributed by atoms with E-state index in [1.165, 1.54) is 0 Å². The summed E-state index contributed by atoms with van der Waals surface area (Å²) >= 11 is 9.28. The summed E-state index contributed by atoms with van der Waals surface area (Å²) in [5.41, 5.74) is 0.845. The van der Waals surface area contributed by atoms with E-state index < -0.39 is 0 Å². The molecule has 3 aromatic heterocycles. The van der Waals surface area contributed by atoms with Gasteiger partial charge in [-0.3, -0.25) is 0 Å². The van der Waals surface area contributed by atoms with Gasteiger partial charge in [-0.05, 0) is 51.8 Å². The lowest BCUT2D eigenvalue weighted by Gasteiger charge is -2.06. The summed E-state index contributed by atoms with van der Waals surface area (Å²) in [6.45, 7) is 0.540. The van der Waals surface area contributed by atoms with Crippen LogP contribution in [-0.2, 0) is 6.54 Å². The summed E-state index contributed by atoms with van der Waals surface area (Å²) in [7, 11) is 0. The van der Waals surface area contributed by atoms with Crippen LogP contribution in [0.15, 0.2) is 39.5 Å². The van der Waals surface area contributed by atoms with Gasteiger partial charge in [0.15, 0.2) is 5.82 Å². The molecule has 0 atom stereocenters. The van der Waals surface area contributed by atoms with Crippen molar-refractivity contribution in [2.75, 3.05) is 5.32 Å². The topological polar surface area (TPSA) is 55.4 Å². The first-order valence-electron chi connectivity index (χ1n) is 5.21. The van der Waals surface area contributed by atoms with Gasteiger partial charge < -0.3 is 9.73 Å². The summed E-state index contributed by atoms with van der Waals surface area (Å²) in [6, 6.07) is 7.53. The van der Waals surface area contributed by atoms with Crippen LogP contribution in [-0.4, -0.2) is 14.6 Å². The lowest BCUT2D eigenvalue weighted by molar-refractivity contribution is 0.518. The molecule has 0 bridgehead atoms. The lowest BCUT2D eigenvalue weighted by atomic mass is 10.4. The van der Waals surface area contributed by atoms with Gasteiger partial charge in [0, 0.05) is 0 Å². The Morgan fingerprint density at radius 2 is 2.28 bits per heavy atom. The molecule has 0 aliphatic heterocycles. The van der Waals surface area contributed by atoms with Crippen LogP contribution in [0.5, 0.6) is 0 Å². The average Bonchev–Trinajstić information content (AvgIpc) is 2.97. The van der Waals surface area contributed by atoms with Gasteiger partial charge >= 0.3 is 0 Å². The highest BCUT2D eigenvalue weighted by Crippen LogP contribution is 2.22. The fraction of sp³-hybridized carbons (Fsp3) is 0.0909. The van der Waals surface area contributed by atoms with Gasteiger partial charge in [0.2, 0.25) is 5.28 Å². The molecule has 0 amide bonds. The van der Waals surface area contributed by atoms with Gasteiger partial charge in [-0.15, -0.1) is 5.10 Å². The largest absolute Gasteiger partial charge is 0.467 e. The van der Waals surface area contributed by atoms with E-state index in [4.69, 9.17) is 16.0 Å². The van der Waals surface area contributed by atoms with Crippen molar-refractivity contribution in [1.82, 2.24) is 14.6 Å². The highest BCUT2D eigenvalue weighted by molar-refractivity contribution is 9.10. The monoisotopic (exact) mass is 326 g/mol. The summed E-state index contributed by atoms with van der Waals surface area (Å²) in [4.78, 5) is 4.17. The van der Waals surface area contributed by atoms with Crippen LogP contribution in [0.1, 0.15) is 5.76 Å². The second-order valence-electron chi connectivity index (χ2n) is 3.62. The molecule has 92 valence electrons. The van der Waals surface area contributed by atoms with E-state index in [9.17, 15) is 0 Å². The number of aromatic nitrogens is 3. The molecular formula is C11H8BrClN4O. The zero-order valence-corrected chi connectivity index (χ0v) is 11.4. The van der Waals surface area contributed by atoms with Gasteiger partial charge in [0.1, 0.15) is 15.9 Å². The maximum atomic E-state index is 5.89. The smallest absolute Gasteiger partial charge is 0.243 e. The number of fused-ring (bicyclic) bond motifs is 1. The zero-order valence-electron chi connectivity index (χ0n) is 9.10. The van der Waals surface area contributed by atoms with Gasteiger partial charge in [-0.25, -0.2) is 4.52 Å². The average molecular weight is 328 g/mol. The Bertz CT molecular complexity index is 680. The first kappa shape index (κ1) is 11.6. The summed E-state index contributed by atoms with van der Waals surface area (Å²) in [5.74, 6) is 1.49. The standard InChI is InChI=1S/C11H8BrClN4O/c12-9-4-3-8-10(15-11(13)16-17(8)9)14-6-7-2-1-5-18-7/h1-5H,6H2,(H,14,15,16). The van der Waals surface area contributed by atoms with Crippen molar-refractivity contribution < 1.29 is 4.42 Å². The molecule has 0 aliphatic carbocycles. The molecule has 1 N–H and O–H groups in total. The highest BCUT2D eigenvalue weighted by atomic mass is 79.9. The Morgan fingerprint density at radius 3 is 3.06 bits per heavy atom. The minimum Gasteiger partial charge on any atom is -0.467 e. The Labute approximate surface area is 116 Å². The highest BCUT2D eigenvalue weighted by Gasteiger charge is 2.09. The maximum Gasteiger partial charge on any atom is 0.243 e. The Hall–Kier alpha value is -1.53. The molecule has 0 fully saturated rings. The number of nitrogens with one attached hydrogen (secondary N) is 1. The molecule has 0 saturated carbocycles. The van der Waals surface area contributed by atoms with E-state index in [1.807, 2.05) is 24.3 Å². The number of nitrogens with zero attached hydrogens (tertiary/aromatic N) is 3. The van der Waals surface area contributed by atoms with Crippen LogP contribution in [0, 0.1) is 0 Å². The predicted octanol–water partition coefficient (Wildman–Crippen LogP) is 3.35. The van der Waals surface area contributed by atoms with E-state index in [-0.39, 0.29) is 5.28 Å². The summed E-state index contributed by atoms with van der Waals surface area (Å²) in [5, 5.41) is 7.46. The fourth-order valence-electron chi connectivity index (χ4n) is 1.65. The number of hydrogen-bond acceptors (Lipinski definition) is 4. The van der Waals surface area contributed by atoms with Crippen molar-refractivity contribution in [1.29, 1.82) is 0 Å². The van der Waals surface area contributed by atoms with Crippen LogP contribution in [0.2, 0.25) is 5.28 Å². The number of rotatable bonds is 3. The number of furan rings is 1. The minimum absolute atomic E-state index is 0.182. The van der Waals surface area contributed by atoms with Crippen molar-refractivity contribution in [3.05, 3.63) is 46.2 Å². The molecule has 18 heavy (non-hydrogen) atoms. The first-order chi connectivity index (χ1) is 8.74. The first-order valence-corrected chi connectivity index (χ1v) is 6.38. The Morgan fingerprint density at radius 1 is 1.39 bits per heavy atom. The number of halogens is 2. The molecule has 7 heteroatoms. The van der Waals surface area contributed by atoms with E-state index in [1.54, 1.807) is 10.8 Å². The summed E-state index contributed by atoms with van der Waals surface area (Å²) in [6.07, 6.45) is 1.63. The van der Waals surface area contributed by atoms with E-state index >= 15 is 0 Å². The van der Waals surface area contributed by atoms with E-state index in [0.717, 1.165) is 15.9 Å². The third-order valence-electron chi connectivity index (χ3n) is 2.45. The molecule has 0 unspecified atom stereocenters. The summed E-state index contributed by atoms with van der Waals surface area (Å²) < 4.78 is 7.75. The van der Waals surface area contributed by atoms with Gasteiger partial charge in [0.05, 0.1) is 12.8 Å².